The molecule has 0 radical (unpaired) electrons. The largest absolute Gasteiger partial charge is 0.508 e. The van der Waals surface area contributed by atoms with Crippen LogP contribution in [0.15, 0.2) is 22.7 Å². The van der Waals surface area contributed by atoms with Gasteiger partial charge >= 0.3 is 0 Å². The van der Waals surface area contributed by atoms with E-state index >= 15 is 0 Å². The highest BCUT2D eigenvalue weighted by molar-refractivity contribution is 5.68. The second-order valence-corrected chi connectivity index (χ2v) is 4.50. The quantitative estimate of drug-likeness (QED) is 0.834. The monoisotopic (exact) mass is 232 g/mol. The Kier molecular flexibility index (Phi) is 2.79. The van der Waals surface area contributed by atoms with Crippen LogP contribution in [-0.4, -0.2) is 10.3 Å². The van der Waals surface area contributed by atoms with Crippen LogP contribution in [0.2, 0.25) is 0 Å². The molecule has 3 N–H and O–H groups in total. The highest BCUT2D eigenvalue weighted by atomic mass is 16.5. The minimum absolute atomic E-state index is 0.249. The standard InChI is InChI=1S/C13H16N2O2/c1-7(2)9-5-10(8(3)4-12(9)16)11-6-13(14)17-15-11/h4-7,16H,14H2,1-3H3. The number of aromatic nitrogens is 1. The molecule has 4 nitrogen and oxygen atoms in total. The maximum atomic E-state index is 9.87. The first-order valence-electron chi connectivity index (χ1n) is 5.55. The van der Waals surface area contributed by atoms with Crippen LogP contribution in [-0.2, 0) is 0 Å². The second-order valence-electron chi connectivity index (χ2n) is 4.50. The summed E-state index contributed by atoms with van der Waals surface area (Å²) in [6.45, 7) is 5.99. The topological polar surface area (TPSA) is 72.3 Å². The molecule has 2 rings (SSSR count). The smallest absolute Gasteiger partial charge is 0.222 e. The number of nitrogens with zero attached hydrogens (tertiary/aromatic N) is 1. The van der Waals surface area contributed by atoms with Crippen LogP contribution in [0.4, 0.5) is 5.88 Å². The summed E-state index contributed by atoms with van der Waals surface area (Å²) >= 11 is 0. The van der Waals surface area contributed by atoms with Crippen molar-refractivity contribution in [2.45, 2.75) is 26.7 Å². The third-order valence-corrected chi connectivity index (χ3v) is 2.80. The molecule has 1 heterocycles. The molecule has 0 atom stereocenters. The van der Waals surface area contributed by atoms with Gasteiger partial charge in [-0.1, -0.05) is 19.0 Å². The first-order chi connectivity index (χ1) is 7.99. The molecule has 90 valence electrons. The SMILES string of the molecule is Cc1cc(O)c(C(C)C)cc1-c1cc(N)on1. The van der Waals surface area contributed by atoms with Crippen molar-refractivity contribution in [3.05, 3.63) is 29.3 Å². The molecule has 0 unspecified atom stereocenters. The fourth-order valence-electron chi connectivity index (χ4n) is 1.86. The van der Waals surface area contributed by atoms with Crippen LogP contribution >= 0.6 is 0 Å². The van der Waals surface area contributed by atoms with E-state index in [0.29, 0.717) is 17.3 Å². The number of phenols is 1. The third kappa shape index (κ3) is 2.11. The Labute approximate surface area is 100 Å². The van der Waals surface area contributed by atoms with E-state index in [9.17, 15) is 5.11 Å². The first-order valence-corrected chi connectivity index (χ1v) is 5.55. The minimum atomic E-state index is 0.249. The fourth-order valence-corrected chi connectivity index (χ4v) is 1.86. The summed E-state index contributed by atoms with van der Waals surface area (Å²) in [6, 6.07) is 5.37. The van der Waals surface area contributed by atoms with Gasteiger partial charge in [-0.3, -0.25) is 0 Å². The molecule has 0 aliphatic carbocycles. The fraction of sp³-hybridized carbons (Fsp3) is 0.308. The number of benzene rings is 1. The van der Waals surface area contributed by atoms with Crippen molar-refractivity contribution >= 4 is 5.88 Å². The number of anilines is 1. The van der Waals surface area contributed by atoms with Gasteiger partial charge in [-0.2, -0.15) is 0 Å². The van der Waals surface area contributed by atoms with E-state index in [4.69, 9.17) is 10.3 Å². The summed E-state index contributed by atoms with van der Waals surface area (Å²) < 4.78 is 4.87. The van der Waals surface area contributed by atoms with Gasteiger partial charge in [0.25, 0.3) is 0 Å². The van der Waals surface area contributed by atoms with E-state index < -0.39 is 0 Å². The molecule has 1 aromatic carbocycles. The number of aromatic hydroxyl groups is 1. The van der Waals surface area contributed by atoms with Crippen molar-refractivity contribution < 1.29 is 9.63 Å². The van der Waals surface area contributed by atoms with Gasteiger partial charge in [-0.25, -0.2) is 0 Å². The second kappa shape index (κ2) is 4.13. The van der Waals surface area contributed by atoms with Crippen molar-refractivity contribution in [3.63, 3.8) is 0 Å². The Morgan fingerprint density at radius 3 is 2.53 bits per heavy atom. The zero-order valence-corrected chi connectivity index (χ0v) is 10.2. The molecule has 2 aromatic rings. The number of rotatable bonds is 2. The zero-order valence-electron chi connectivity index (χ0n) is 10.2. The molecular weight excluding hydrogens is 216 g/mol. The van der Waals surface area contributed by atoms with Crippen LogP contribution in [0, 0.1) is 6.92 Å². The summed E-state index contributed by atoms with van der Waals surface area (Å²) in [5.74, 6) is 0.856. The van der Waals surface area contributed by atoms with Gasteiger partial charge in [0.2, 0.25) is 5.88 Å². The number of aryl methyl sites for hydroxylation is 1. The number of hydrogen-bond acceptors (Lipinski definition) is 4. The predicted molar refractivity (Wildman–Crippen MR) is 66.8 cm³/mol. The van der Waals surface area contributed by atoms with Crippen molar-refractivity contribution in [2.75, 3.05) is 5.73 Å². The molecule has 0 bridgehead atoms. The number of nitrogens with two attached hydrogens (primary N) is 1. The van der Waals surface area contributed by atoms with E-state index in [1.807, 2.05) is 26.8 Å². The van der Waals surface area contributed by atoms with Gasteiger partial charge in [-0.15, -0.1) is 0 Å². The lowest BCUT2D eigenvalue weighted by molar-refractivity contribution is 0.439. The summed E-state index contributed by atoms with van der Waals surface area (Å²) in [5, 5.41) is 13.8. The molecule has 1 aromatic heterocycles. The molecule has 0 saturated carbocycles. The van der Waals surface area contributed by atoms with Crippen molar-refractivity contribution in [3.8, 4) is 17.0 Å². The van der Waals surface area contributed by atoms with Crippen LogP contribution in [0.3, 0.4) is 0 Å². The molecule has 0 saturated heterocycles. The Morgan fingerprint density at radius 2 is 2.00 bits per heavy atom. The van der Waals surface area contributed by atoms with Crippen molar-refractivity contribution in [2.24, 2.45) is 0 Å². The van der Waals surface area contributed by atoms with Crippen molar-refractivity contribution in [1.82, 2.24) is 5.16 Å². The zero-order chi connectivity index (χ0) is 12.6. The summed E-state index contributed by atoms with van der Waals surface area (Å²) in [5.41, 5.74) is 8.99. The molecule has 0 fully saturated rings. The molecule has 0 aliphatic rings. The Balaban J connectivity index is 2.58. The summed E-state index contributed by atoms with van der Waals surface area (Å²) in [7, 11) is 0. The molecule has 17 heavy (non-hydrogen) atoms. The van der Waals surface area contributed by atoms with Gasteiger partial charge in [0.15, 0.2) is 0 Å². The lowest BCUT2D eigenvalue weighted by Crippen LogP contribution is -1.92. The van der Waals surface area contributed by atoms with E-state index in [1.165, 1.54) is 0 Å². The summed E-state index contributed by atoms with van der Waals surface area (Å²) in [4.78, 5) is 0. The van der Waals surface area contributed by atoms with Crippen LogP contribution in [0.5, 0.6) is 5.75 Å². The lowest BCUT2D eigenvalue weighted by Gasteiger charge is -2.12. The molecule has 4 heteroatoms. The van der Waals surface area contributed by atoms with E-state index in [-0.39, 0.29) is 5.92 Å². The Hall–Kier alpha value is -1.97. The van der Waals surface area contributed by atoms with Crippen LogP contribution < -0.4 is 5.73 Å². The van der Waals surface area contributed by atoms with E-state index in [0.717, 1.165) is 16.7 Å². The van der Waals surface area contributed by atoms with E-state index in [2.05, 4.69) is 5.16 Å². The maximum absolute atomic E-state index is 9.87. The van der Waals surface area contributed by atoms with Crippen LogP contribution in [0.25, 0.3) is 11.3 Å². The Morgan fingerprint density at radius 1 is 1.29 bits per heavy atom. The van der Waals surface area contributed by atoms with Crippen LogP contribution in [0.1, 0.15) is 30.9 Å². The Bertz CT molecular complexity index is 544. The van der Waals surface area contributed by atoms with E-state index in [1.54, 1.807) is 12.1 Å². The number of nitrogen functional groups attached to an aromatic ring is 1. The molecular formula is C13H16N2O2. The molecule has 0 spiro atoms. The van der Waals surface area contributed by atoms with Crippen molar-refractivity contribution in [1.29, 1.82) is 0 Å². The first kappa shape index (κ1) is 11.5. The van der Waals surface area contributed by atoms with Gasteiger partial charge in [0, 0.05) is 11.6 Å². The van der Waals surface area contributed by atoms with Gasteiger partial charge in [0.05, 0.1) is 0 Å². The van der Waals surface area contributed by atoms with Gasteiger partial charge in [-0.05, 0) is 36.1 Å². The minimum Gasteiger partial charge on any atom is -0.508 e. The maximum Gasteiger partial charge on any atom is 0.222 e. The highest BCUT2D eigenvalue weighted by Crippen LogP contribution is 2.33. The normalized spacial score (nSPS) is 11.1. The average molecular weight is 232 g/mol. The predicted octanol–water partition coefficient (Wildman–Crippen LogP) is 3.06. The average Bonchev–Trinajstić information content (AvgIpc) is 2.64. The van der Waals surface area contributed by atoms with Gasteiger partial charge < -0.3 is 15.4 Å². The number of hydrogen-bond donors (Lipinski definition) is 2. The third-order valence-electron chi connectivity index (χ3n) is 2.80. The summed E-state index contributed by atoms with van der Waals surface area (Å²) in [6.07, 6.45) is 0. The molecule has 0 amide bonds. The highest BCUT2D eigenvalue weighted by Gasteiger charge is 2.13. The molecule has 0 aliphatic heterocycles. The van der Waals surface area contributed by atoms with Gasteiger partial charge in [0.1, 0.15) is 11.4 Å². The number of phenolic OH excluding ortho intramolecular Hbond substituents is 1. The lowest BCUT2D eigenvalue weighted by atomic mass is 9.95.